The second-order valence-electron chi connectivity index (χ2n) is 6.82. The summed E-state index contributed by atoms with van der Waals surface area (Å²) in [6.07, 6.45) is 3.69. The minimum absolute atomic E-state index is 0.0148. The standard InChI is InChI=1S/C17H23ClN2O3S/c1-24(22,23)20-8-6-12(7-9-20)11-19-17(21)15-10-14(15)13-4-2-3-5-16(13)18/h2-5,12,14-15H,6-11H2,1H3,(H,19,21)/t14-,15+/m0/s1. The van der Waals surface area contributed by atoms with Crippen LogP contribution in [0, 0.1) is 11.8 Å². The zero-order valence-corrected chi connectivity index (χ0v) is 15.3. The van der Waals surface area contributed by atoms with E-state index in [1.54, 1.807) is 0 Å². The number of hydrogen-bond acceptors (Lipinski definition) is 3. The molecule has 0 aromatic heterocycles. The molecule has 1 saturated heterocycles. The molecule has 1 amide bonds. The molecule has 1 aromatic rings. The molecule has 0 bridgehead atoms. The first-order chi connectivity index (χ1) is 11.4. The number of piperidine rings is 1. The fraction of sp³-hybridized carbons (Fsp3) is 0.588. The van der Waals surface area contributed by atoms with E-state index in [1.165, 1.54) is 10.6 Å². The first kappa shape index (κ1) is 17.7. The molecule has 1 heterocycles. The van der Waals surface area contributed by atoms with E-state index in [2.05, 4.69) is 5.32 Å². The van der Waals surface area contributed by atoms with E-state index in [-0.39, 0.29) is 17.7 Å². The third kappa shape index (κ3) is 4.10. The average Bonchev–Trinajstić information content (AvgIpc) is 3.33. The van der Waals surface area contributed by atoms with E-state index >= 15 is 0 Å². The van der Waals surface area contributed by atoms with Gasteiger partial charge in [0.25, 0.3) is 0 Å². The van der Waals surface area contributed by atoms with Gasteiger partial charge in [-0.1, -0.05) is 29.8 Å². The van der Waals surface area contributed by atoms with Crippen LogP contribution in [-0.4, -0.2) is 44.5 Å². The lowest BCUT2D eigenvalue weighted by Crippen LogP contribution is -2.41. The lowest BCUT2D eigenvalue weighted by Gasteiger charge is -2.30. The number of carbonyl (C=O) groups excluding carboxylic acids is 1. The third-order valence-corrected chi connectivity index (χ3v) is 6.69. The Morgan fingerprint density at radius 2 is 1.96 bits per heavy atom. The van der Waals surface area contributed by atoms with Gasteiger partial charge in [0.05, 0.1) is 6.26 Å². The number of nitrogens with zero attached hydrogens (tertiary/aromatic N) is 1. The Morgan fingerprint density at radius 3 is 2.58 bits per heavy atom. The van der Waals surface area contributed by atoms with Crippen molar-refractivity contribution in [2.24, 2.45) is 11.8 Å². The maximum absolute atomic E-state index is 12.3. The Hall–Kier alpha value is -1.11. The molecule has 7 heteroatoms. The Labute approximate surface area is 148 Å². The van der Waals surface area contributed by atoms with Crippen molar-refractivity contribution in [2.75, 3.05) is 25.9 Å². The molecule has 0 spiro atoms. The molecule has 1 aliphatic heterocycles. The van der Waals surface area contributed by atoms with Crippen LogP contribution in [-0.2, 0) is 14.8 Å². The van der Waals surface area contributed by atoms with Gasteiger partial charge >= 0.3 is 0 Å². The number of sulfonamides is 1. The maximum Gasteiger partial charge on any atom is 0.223 e. The van der Waals surface area contributed by atoms with Gasteiger partial charge in [0.1, 0.15) is 0 Å². The van der Waals surface area contributed by atoms with E-state index < -0.39 is 10.0 Å². The highest BCUT2D eigenvalue weighted by Gasteiger charge is 2.44. The van der Waals surface area contributed by atoms with E-state index in [0.717, 1.165) is 29.8 Å². The molecule has 1 aliphatic carbocycles. The summed E-state index contributed by atoms with van der Waals surface area (Å²) in [7, 11) is -3.09. The number of hydrogen-bond donors (Lipinski definition) is 1. The van der Waals surface area contributed by atoms with Crippen LogP contribution < -0.4 is 5.32 Å². The van der Waals surface area contributed by atoms with Crippen molar-refractivity contribution >= 4 is 27.5 Å². The summed E-state index contributed by atoms with van der Waals surface area (Å²) in [5.41, 5.74) is 1.06. The first-order valence-corrected chi connectivity index (χ1v) is 10.6. The second-order valence-corrected chi connectivity index (χ2v) is 9.21. The topological polar surface area (TPSA) is 66.5 Å². The molecular weight excluding hydrogens is 348 g/mol. The van der Waals surface area contributed by atoms with Crippen molar-refractivity contribution in [3.8, 4) is 0 Å². The van der Waals surface area contributed by atoms with Crippen LogP contribution in [0.25, 0.3) is 0 Å². The Kier molecular flexibility index (Phi) is 5.18. The zero-order chi connectivity index (χ0) is 17.3. The molecule has 1 N–H and O–H groups in total. The van der Waals surface area contributed by atoms with Crippen molar-refractivity contribution < 1.29 is 13.2 Å². The van der Waals surface area contributed by atoms with Crippen LogP contribution in [0.3, 0.4) is 0 Å². The van der Waals surface area contributed by atoms with Crippen LogP contribution in [0.2, 0.25) is 5.02 Å². The summed E-state index contributed by atoms with van der Waals surface area (Å²) in [5, 5.41) is 3.76. The summed E-state index contributed by atoms with van der Waals surface area (Å²) >= 11 is 6.19. The summed E-state index contributed by atoms with van der Waals surface area (Å²) in [6.45, 7) is 1.72. The minimum atomic E-state index is -3.09. The van der Waals surface area contributed by atoms with Gasteiger partial charge in [-0.3, -0.25) is 4.79 Å². The van der Waals surface area contributed by atoms with Gasteiger partial charge in [0, 0.05) is 30.6 Å². The maximum atomic E-state index is 12.3. The van der Waals surface area contributed by atoms with Crippen LogP contribution >= 0.6 is 11.6 Å². The first-order valence-electron chi connectivity index (χ1n) is 8.33. The number of carbonyl (C=O) groups is 1. The fourth-order valence-corrected chi connectivity index (χ4v) is 4.58. The number of benzene rings is 1. The minimum Gasteiger partial charge on any atom is -0.356 e. The molecule has 24 heavy (non-hydrogen) atoms. The fourth-order valence-electron chi connectivity index (χ4n) is 3.43. The van der Waals surface area contributed by atoms with Crippen molar-refractivity contribution in [3.63, 3.8) is 0 Å². The zero-order valence-electron chi connectivity index (χ0n) is 13.7. The number of nitrogens with one attached hydrogen (secondary N) is 1. The largest absolute Gasteiger partial charge is 0.356 e. The number of amides is 1. The highest BCUT2D eigenvalue weighted by molar-refractivity contribution is 7.88. The van der Waals surface area contributed by atoms with Gasteiger partial charge in [0.15, 0.2) is 0 Å². The molecule has 132 valence electrons. The molecule has 5 nitrogen and oxygen atoms in total. The molecule has 1 saturated carbocycles. The predicted octanol–water partition coefficient (Wildman–Crippen LogP) is 2.23. The Bertz CT molecular complexity index is 714. The normalized spacial score (nSPS) is 25.4. The van der Waals surface area contributed by atoms with Gasteiger partial charge in [-0.2, -0.15) is 0 Å². The molecular formula is C17H23ClN2O3S. The highest BCUT2D eigenvalue weighted by atomic mass is 35.5. The third-order valence-electron chi connectivity index (χ3n) is 5.04. The Morgan fingerprint density at radius 1 is 1.29 bits per heavy atom. The van der Waals surface area contributed by atoms with Crippen molar-refractivity contribution in [3.05, 3.63) is 34.9 Å². The molecule has 3 rings (SSSR count). The van der Waals surface area contributed by atoms with E-state index in [4.69, 9.17) is 11.6 Å². The lowest BCUT2D eigenvalue weighted by atomic mass is 9.98. The lowest BCUT2D eigenvalue weighted by molar-refractivity contribution is -0.122. The van der Waals surface area contributed by atoms with E-state index in [9.17, 15) is 13.2 Å². The Balaban J connectivity index is 1.44. The quantitative estimate of drug-likeness (QED) is 0.864. The number of halogens is 1. The molecule has 0 radical (unpaired) electrons. The molecule has 1 aromatic carbocycles. The van der Waals surface area contributed by atoms with Gasteiger partial charge in [-0.25, -0.2) is 12.7 Å². The van der Waals surface area contributed by atoms with Crippen molar-refractivity contribution in [1.82, 2.24) is 9.62 Å². The average molecular weight is 371 g/mol. The van der Waals surface area contributed by atoms with Gasteiger partial charge < -0.3 is 5.32 Å². The van der Waals surface area contributed by atoms with E-state index in [1.807, 2.05) is 24.3 Å². The van der Waals surface area contributed by atoms with E-state index in [0.29, 0.717) is 25.6 Å². The van der Waals surface area contributed by atoms with Crippen molar-refractivity contribution in [1.29, 1.82) is 0 Å². The molecule has 2 aliphatic rings. The van der Waals surface area contributed by atoms with Gasteiger partial charge in [0.2, 0.25) is 15.9 Å². The molecule has 2 fully saturated rings. The van der Waals surface area contributed by atoms with Gasteiger partial charge in [-0.15, -0.1) is 0 Å². The van der Waals surface area contributed by atoms with Crippen LogP contribution in [0.4, 0.5) is 0 Å². The molecule has 2 atom stereocenters. The SMILES string of the molecule is CS(=O)(=O)N1CCC(CNC(=O)[C@@H]2C[C@H]2c2ccccc2Cl)CC1. The highest BCUT2D eigenvalue weighted by Crippen LogP contribution is 2.49. The van der Waals surface area contributed by atoms with Gasteiger partial charge in [-0.05, 0) is 42.7 Å². The smallest absolute Gasteiger partial charge is 0.223 e. The van der Waals surface area contributed by atoms with Crippen LogP contribution in [0.5, 0.6) is 0 Å². The summed E-state index contributed by atoms with van der Waals surface area (Å²) < 4.78 is 24.5. The summed E-state index contributed by atoms with van der Waals surface area (Å²) in [5.74, 6) is 0.682. The summed E-state index contributed by atoms with van der Waals surface area (Å²) in [4.78, 5) is 12.3. The predicted molar refractivity (Wildman–Crippen MR) is 94.5 cm³/mol. The molecule has 0 unspecified atom stereocenters. The summed E-state index contributed by atoms with van der Waals surface area (Å²) in [6, 6.07) is 7.69. The van der Waals surface area contributed by atoms with Crippen molar-refractivity contribution in [2.45, 2.75) is 25.2 Å². The monoisotopic (exact) mass is 370 g/mol. The second kappa shape index (κ2) is 7.02. The number of rotatable bonds is 5. The van der Waals surface area contributed by atoms with Crippen LogP contribution in [0.15, 0.2) is 24.3 Å². The van der Waals surface area contributed by atoms with Crippen LogP contribution in [0.1, 0.15) is 30.7 Å².